The summed E-state index contributed by atoms with van der Waals surface area (Å²) in [7, 11) is 0. The van der Waals surface area contributed by atoms with Gasteiger partial charge in [0.25, 0.3) is 0 Å². The van der Waals surface area contributed by atoms with E-state index < -0.39 is 0 Å². The molecule has 0 fully saturated rings. The van der Waals surface area contributed by atoms with Crippen LogP contribution in [-0.4, -0.2) is 32.9 Å². The summed E-state index contributed by atoms with van der Waals surface area (Å²) in [5, 5.41) is 18.1. The summed E-state index contributed by atoms with van der Waals surface area (Å²) in [6.07, 6.45) is 2.09. The minimum Gasteiger partial charge on any atom is -0.316 e. The molecule has 0 radical (unpaired) electrons. The van der Waals surface area contributed by atoms with Crippen molar-refractivity contribution in [1.82, 2.24) is 25.1 Å². The maximum Gasteiger partial charge on any atom is 0.161 e. The summed E-state index contributed by atoms with van der Waals surface area (Å²) in [6, 6.07) is 0. The van der Waals surface area contributed by atoms with Crippen LogP contribution in [0.4, 0.5) is 0 Å². The molecule has 2 rings (SSSR count). The summed E-state index contributed by atoms with van der Waals surface area (Å²) in [5.41, 5.74) is 1.02. The third-order valence-electron chi connectivity index (χ3n) is 2.66. The Morgan fingerprint density at radius 3 is 2.74 bits per heavy atom. The van der Waals surface area contributed by atoms with E-state index >= 15 is 0 Å². The lowest BCUT2D eigenvalue weighted by molar-refractivity contribution is 0.668. The summed E-state index contributed by atoms with van der Waals surface area (Å²) >= 11 is 3.06. The third kappa shape index (κ3) is 3.77. The minimum atomic E-state index is 0.368. The van der Waals surface area contributed by atoms with Crippen molar-refractivity contribution in [2.75, 3.05) is 13.1 Å². The van der Waals surface area contributed by atoms with Crippen LogP contribution >= 0.6 is 22.9 Å². The van der Waals surface area contributed by atoms with Crippen LogP contribution in [0.15, 0.2) is 0 Å². The zero-order chi connectivity index (χ0) is 13.7. The molecule has 104 valence electrons. The molecule has 0 atom stereocenters. The van der Waals surface area contributed by atoms with Crippen LogP contribution in [0.2, 0.25) is 0 Å². The second-order valence-corrected chi connectivity index (χ2v) is 6.46. The maximum atomic E-state index is 4.27. The lowest BCUT2D eigenvalue weighted by Gasteiger charge is -2.00. The van der Waals surface area contributed by atoms with E-state index in [0.717, 1.165) is 46.5 Å². The average molecular weight is 297 g/mol. The number of rotatable bonds is 7. The first kappa shape index (κ1) is 14.5. The van der Waals surface area contributed by atoms with Crippen LogP contribution in [0.25, 0.3) is 9.88 Å². The molecule has 0 aromatic carbocycles. The molecule has 0 bridgehead atoms. The Morgan fingerprint density at radius 2 is 2.00 bits per heavy atom. The van der Waals surface area contributed by atoms with Gasteiger partial charge in [0.1, 0.15) is 9.88 Å². The number of hydrogen-bond acceptors (Lipinski definition) is 7. The number of nitrogens with zero attached hydrogens (tertiary/aromatic N) is 4. The molecule has 0 aliphatic heterocycles. The molecule has 2 aromatic heterocycles. The van der Waals surface area contributed by atoms with Crippen molar-refractivity contribution in [2.45, 2.75) is 39.5 Å². The number of nitrogens with one attached hydrogen (secondary N) is 1. The molecule has 0 saturated heterocycles. The van der Waals surface area contributed by atoms with E-state index in [1.54, 1.807) is 11.3 Å². The van der Waals surface area contributed by atoms with Crippen molar-refractivity contribution in [3.05, 3.63) is 10.7 Å². The highest BCUT2D eigenvalue weighted by atomic mass is 32.1. The maximum absolute atomic E-state index is 4.27. The lowest BCUT2D eigenvalue weighted by atomic mass is 10.1. The fourth-order valence-electron chi connectivity index (χ4n) is 1.67. The topological polar surface area (TPSA) is 63.6 Å². The minimum absolute atomic E-state index is 0.368. The fourth-order valence-corrected chi connectivity index (χ4v) is 3.39. The smallest absolute Gasteiger partial charge is 0.161 e. The summed E-state index contributed by atoms with van der Waals surface area (Å²) in [4.78, 5) is 1.07. The first-order valence-electron chi connectivity index (χ1n) is 6.58. The van der Waals surface area contributed by atoms with E-state index in [0.29, 0.717) is 5.92 Å². The zero-order valence-corrected chi connectivity index (χ0v) is 13.1. The molecule has 2 heterocycles. The molecule has 7 heteroatoms. The van der Waals surface area contributed by atoms with Gasteiger partial charge in [0.15, 0.2) is 5.01 Å². The Hall–Kier alpha value is -0.920. The summed E-state index contributed by atoms with van der Waals surface area (Å²) in [5.74, 6) is 0.368. The Kier molecular flexibility index (Phi) is 5.35. The first-order chi connectivity index (χ1) is 9.22. The Morgan fingerprint density at radius 1 is 1.16 bits per heavy atom. The van der Waals surface area contributed by atoms with Gasteiger partial charge in [-0.05, 0) is 30.4 Å². The summed E-state index contributed by atoms with van der Waals surface area (Å²) in [6.45, 7) is 8.43. The van der Waals surface area contributed by atoms with E-state index in [1.807, 2.05) is 0 Å². The second kappa shape index (κ2) is 7.02. The predicted molar refractivity (Wildman–Crippen MR) is 79.8 cm³/mol. The molecule has 0 unspecified atom stereocenters. The quantitative estimate of drug-likeness (QED) is 0.796. The molecule has 0 aliphatic carbocycles. The molecular weight excluding hydrogens is 278 g/mol. The van der Waals surface area contributed by atoms with Gasteiger partial charge in [-0.15, -0.1) is 15.3 Å². The first-order valence-corrected chi connectivity index (χ1v) is 8.17. The van der Waals surface area contributed by atoms with Gasteiger partial charge in [0.05, 0.1) is 5.69 Å². The molecule has 5 nitrogen and oxygen atoms in total. The van der Waals surface area contributed by atoms with E-state index in [2.05, 4.69) is 45.9 Å². The molecule has 0 amide bonds. The summed E-state index contributed by atoms with van der Waals surface area (Å²) < 4.78 is 4.03. The number of hydrogen-bond donors (Lipinski definition) is 1. The second-order valence-electron chi connectivity index (χ2n) is 4.64. The Balaban J connectivity index is 2.02. The van der Waals surface area contributed by atoms with Gasteiger partial charge < -0.3 is 5.32 Å². The molecule has 0 aliphatic rings. The average Bonchev–Trinajstić information content (AvgIpc) is 3.02. The molecule has 0 saturated carbocycles. The highest BCUT2D eigenvalue weighted by Crippen LogP contribution is 2.32. The van der Waals surface area contributed by atoms with Crippen LogP contribution in [0.5, 0.6) is 0 Å². The van der Waals surface area contributed by atoms with Crippen molar-refractivity contribution in [1.29, 1.82) is 0 Å². The highest BCUT2D eigenvalue weighted by molar-refractivity contribution is 7.19. The van der Waals surface area contributed by atoms with Crippen molar-refractivity contribution in [3.8, 4) is 9.88 Å². The highest BCUT2D eigenvalue weighted by Gasteiger charge is 2.17. The van der Waals surface area contributed by atoms with Crippen molar-refractivity contribution in [2.24, 2.45) is 0 Å². The standard InChI is InChI=1S/C12H19N5S2/c1-4-6-13-7-5-9-14-16-12(18-9)11-10(8(2)3)15-17-19-11/h8,13H,4-7H2,1-3H3. The lowest BCUT2D eigenvalue weighted by Crippen LogP contribution is -2.17. The SMILES string of the molecule is CCCNCCc1nnc(-c2snnc2C(C)C)s1. The largest absolute Gasteiger partial charge is 0.316 e. The van der Waals surface area contributed by atoms with E-state index in [4.69, 9.17) is 0 Å². The van der Waals surface area contributed by atoms with Gasteiger partial charge in [-0.2, -0.15) is 0 Å². The number of aromatic nitrogens is 4. The third-order valence-corrected chi connectivity index (χ3v) is 4.54. The monoisotopic (exact) mass is 297 g/mol. The molecule has 2 aromatic rings. The Labute approximate surface area is 121 Å². The van der Waals surface area contributed by atoms with Crippen molar-refractivity contribution >= 4 is 22.9 Å². The fraction of sp³-hybridized carbons (Fsp3) is 0.667. The zero-order valence-electron chi connectivity index (χ0n) is 11.5. The van der Waals surface area contributed by atoms with Crippen LogP contribution in [-0.2, 0) is 6.42 Å². The van der Waals surface area contributed by atoms with E-state index in [1.165, 1.54) is 11.5 Å². The van der Waals surface area contributed by atoms with Gasteiger partial charge in [-0.3, -0.25) is 0 Å². The molecule has 19 heavy (non-hydrogen) atoms. The van der Waals surface area contributed by atoms with E-state index in [9.17, 15) is 0 Å². The van der Waals surface area contributed by atoms with Gasteiger partial charge in [-0.1, -0.05) is 36.6 Å². The van der Waals surface area contributed by atoms with Crippen LogP contribution in [0.1, 0.15) is 43.8 Å². The van der Waals surface area contributed by atoms with Crippen molar-refractivity contribution < 1.29 is 0 Å². The van der Waals surface area contributed by atoms with Crippen LogP contribution in [0.3, 0.4) is 0 Å². The normalized spacial score (nSPS) is 11.4. The van der Waals surface area contributed by atoms with E-state index in [-0.39, 0.29) is 0 Å². The predicted octanol–water partition coefficient (Wildman–Crippen LogP) is 2.72. The van der Waals surface area contributed by atoms with Gasteiger partial charge in [-0.25, -0.2) is 0 Å². The molecule has 0 spiro atoms. The van der Waals surface area contributed by atoms with Crippen LogP contribution < -0.4 is 5.32 Å². The molecular formula is C12H19N5S2. The van der Waals surface area contributed by atoms with Gasteiger partial charge in [0.2, 0.25) is 0 Å². The van der Waals surface area contributed by atoms with Crippen LogP contribution in [0, 0.1) is 0 Å². The van der Waals surface area contributed by atoms with Crippen molar-refractivity contribution in [3.63, 3.8) is 0 Å². The van der Waals surface area contributed by atoms with Gasteiger partial charge in [0, 0.05) is 13.0 Å². The van der Waals surface area contributed by atoms with Gasteiger partial charge >= 0.3 is 0 Å². The Bertz CT molecular complexity index is 506. The molecule has 1 N–H and O–H groups in total.